The van der Waals surface area contributed by atoms with Gasteiger partial charge in [-0.05, 0) is 39.3 Å². The van der Waals surface area contributed by atoms with Crippen LogP contribution < -0.4 is 5.73 Å². The number of aromatic nitrogens is 3. The van der Waals surface area contributed by atoms with Gasteiger partial charge in [0, 0.05) is 0 Å². The first kappa shape index (κ1) is 21.3. The Morgan fingerprint density at radius 2 is 2.16 bits per heavy atom. The molecule has 5 atom stereocenters. The molecule has 2 aromatic heterocycles. The van der Waals surface area contributed by atoms with Crippen molar-refractivity contribution < 1.29 is 28.5 Å². The number of nitrogen functional groups attached to an aromatic ring is 1. The van der Waals surface area contributed by atoms with Gasteiger partial charge in [0.25, 0.3) is 0 Å². The fraction of sp³-hybridized carbons (Fsp3) is 0.600. The molecular weight excluding hydrogens is 406 g/mol. The van der Waals surface area contributed by atoms with Gasteiger partial charge < -0.3 is 29.4 Å². The summed E-state index contributed by atoms with van der Waals surface area (Å²) in [6.45, 7) is 6.75. The minimum absolute atomic E-state index is 0.308. The third kappa shape index (κ3) is 3.67. The zero-order chi connectivity index (χ0) is 22.4. The molecule has 31 heavy (non-hydrogen) atoms. The van der Waals surface area contributed by atoms with E-state index in [1.54, 1.807) is 37.4 Å². The van der Waals surface area contributed by atoms with Crippen LogP contribution >= 0.6 is 0 Å². The van der Waals surface area contributed by atoms with Crippen molar-refractivity contribution in [3.63, 3.8) is 0 Å². The Hall–Kier alpha value is -2.94. The molecule has 0 unspecified atom stereocenters. The van der Waals surface area contributed by atoms with E-state index in [-0.39, 0.29) is 12.7 Å². The molecule has 2 aliphatic rings. The van der Waals surface area contributed by atoms with Crippen LogP contribution in [0.2, 0.25) is 0 Å². The first-order chi connectivity index (χ1) is 14.7. The molecule has 0 radical (unpaired) electrons. The van der Waals surface area contributed by atoms with Crippen LogP contribution in [0.4, 0.5) is 10.6 Å². The van der Waals surface area contributed by atoms with E-state index in [9.17, 15) is 10.1 Å². The lowest BCUT2D eigenvalue weighted by Crippen LogP contribution is -2.46. The molecule has 4 rings (SSSR count). The third-order valence-corrected chi connectivity index (χ3v) is 5.49. The lowest BCUT2D eigenvalue weighted by molar-refractivity contribution is -0.205. The van der Waals surface area contributed by atoms with Crippen LogP contribution in [-0.4, -0.2) is 57.1 Å². The minimum Gasteiger partial charge on any atom is -0.431 e. The minimum atomic E-state index is -1.60. The number of carbonyl (C=O) groups excluding carboxylic acids is 1. The van der Waals surface area contributed by atoms with E-state index in [0.29, 0.717) is 23.4 Å². The smallest absolute Gasteiger partial charge is 0.431 e. The fourth-order valence-electron chi connectivity index (χ4n) is 3.84. The van der Waals surface area contributed by atoms with Gasteiger partial charge in [-0.15, -0.1) is 0 Å². The Morgan fingerprint density at radius 3 is 2.87 bits per heavy atom. The lowest BCUT2D eigenvalue weighted by Gasteiger charge is -2.28. The molecule has 0 saturated carbocycles. The molecular formula is C20H25N5O6. The number of rotatable bonds is 5. The van der Waals surface area contributed by atoms with E-state index in [2.05, 4.69) is 16.2 Å². The quantitative estimate of drug-likeness (QED) is 0.699. The van der Waals surface area contributed by atoms with E-state index in [1.165, 1.54) is 6.33 Å². The molecule has 166 valence electrons. The van der Waals surface area contributed by atoms with E-state index < -0.39 is 35.9 Å². The first-order valence-electron chi connectivity index (χ1n) is 10.1. The van der Waals surface area contributed by atoms with Crippen molar-refractivity contribution in [1.29, 1.82) is 5.26 Å². The molecule has 2 aliphatic heterocycles. The Labute approximate surface area is 179 Å². The van der Waals surface area contributed by atoms with Gasteiger partial charge in [-0.2, -0.15) is 10.4 Å². The first-order valence-corrected chi connectivity index (χ1v) is 10.1. The van der Waals surface area contributed by atoms with Crippen molar-refractivity contribution in [2.45, 2.75) is 69.9 Å². The van der Waals surface area contributed by atoms with Gasteiger partial charge in [0.05, 0.1) is 5.69 Å². The van der Waals surface area contributed by atoms with E-state index >= 15 is 0 Å². The molecule has 0 amide bonds. The SMILES string of the molecule is CC[C@H](C)OC(=O)OC[C@@]1(C#N)O[C@@H](c2ccc3c(N)ncnn23)[C@@H]2OC(C)(C)O[C@@H]21. The lowest BCUT2D eigenvalue weighted by atomic mass is 9.96. The van der Waals surface area contributed by atoms with Crippen LogP contribution in [0, 0.1) is 11.3 Å². The number of nitriles is 1. The van der Waals surface area contributed by atoms with Gasteiger partial charge in [-0.25, -0.2) is 14.3 Å². The predicted octanol–water partition coefficient (Wildman–Crippen LogP) is 2.12. The van der Waals surface area contributed by atoms with Crippen LogP contribution in [0.15, 0.2) is 18.5 Å². The largest absolute Gasteiger partial charge is 0.508 e. The highest BCUT2D eigenvalue weighted by molar-refractivity contribution is 5.65. The molecule has 0 aromatic carbocycles. The summed E-state index contributed by atoms with van der Waals surface area (Å²) in [5.74, 6) is -0.653. The Morgan fingerprint density at radius 1 is 1.39 bits per heavy atom. The monoisotopic (exact) mass is 431 g/mol. The molecule has 2 aromatic rings. The summed E-state index contributed by atoms with van der Waals surface area (Å²) >= 11 is 0. The normalized spacial score (nSPS) is 30.0. The van der Waals surface area contributed by atoms with Gasteiger partial charge in [0.2, 0.25) is 5.60 Å². The summed E-state index contributed by atoms with van der Waals surface area (Å²) in [5, 5.41) is 14.3. The van der Waals surface area contributed by atoms with Gasteiger partial charge >= 0.3 is 6.16 Å². The van der Waals surface area contributed by atoms with Crippen molar-refractivity contribution >= 4 is 17.5 Å². The Balaban J connectivity index is 1.65. The van der Waals surface area contributed by atoms with E-state index in [1.807, 2.05) is 6.92 Å². The molecule has 2 saturated heterocycles. The van der Waals surface area contributed by atoms with Crippen LogP contribution in [0.25, 0.3) is 5.52 Å². The van der Waals surface area contributed by atoms with Crippen LogP contribution in [0.5, 0.6) is 0 Å². The molecule has 11 heteroatoms. The number of anilines is 1. The van der Waals surface area contributed by atoms with Gasteiger partial charge in [0.15, 0.2) is 11.6 Å². The predicted molar refractivity (Wildman–Crippen MR) is 106 cm³/mol. The zero-order valence-electron chi connectivity index (χ0n) is 17.8. The van der Waals surface area contributed by atoms with Crippen molar-refractivity contribution in [3.05, 3.63) is 24.2 Å². The van der Waals surface area contributed by atoms with Crippen molar-refractivity contribution in [2.24, 2.45) is 0 Å². The summed E-state index contributed by atoms with van der Waals surface area (Å²) in [4.78, 5) is 16.0. The van der Waals surface area contributed by atoms with Crippen molar-refractivity contribution in [1.82, 2.24) is 14.6 Å². The van der Waals surface area contributed by atoms with Gasteiger partial charge in [-0.1, -0.05) is 6.92 Å². The second-order valence-corrected chi connectivity index (χ2v) is 8.14. The summed E-state index contributed by atoms with van der Waals surface area (Å²) in [6, 6.07) is 5.67. The Bertz CT molecular complexity index is 1030. The number of fused-ring (bicyclic) bond motifs is 2. The van der Waals surface area contributed by atoms with E-state index in [0.717, 1.165) is 0 Å². The van der Waals surface area contributed by atoms with Crippen molar-refractivity contribution in [2.75, 3.05) is 12.3 Å². The number of nitrogens with two attached hydrogens (primary N) is 1. The average molecular weight is 431 g/mol. The molecule has 0 aliphatic carbocycles. The van der Waals surface area contributed by atoms with Crippen LogP contribution in [0.3, 0.4) is 0 Å². The van der Waals surface area contributed by atoms with Gasteiger partial charge in [-0.3, -0.25) is 0 Å². The molecule has 2 N–H and O–H groups in total. The van der Waals surface area contributed by atoms with Crippen LogP contribution in [0.1, 0.15) is 45.9 Å². The maximum Gasteiger partial charge on any atom is 0.508 e. The number of nitrogens with zero attached hydrogens (tertiary/aromatic N) is 4. The number of carbonyl (C=O) groups is 1. The average Bonchev–Trinajstić information content (AvgIpc) is 3.37. The summed E-state index contributed by atoms with van der Waals surface area (Å²) < 4.78 is 30.2. The molecule has 0 spiro atoms. The standard InChI is InChI=1S/C20H25N5O6/c1-5-11(2)28-18(26)27-9-20(8-21)16-15(29-19(3,4)31-16)14(30-20)12-6-7-13-17(22)23-10-24-25(12)13/h6-7,10-11,14-16H,5,9H2,1-4H3,(H2,22,23,24)/t11-,14-,15-,16-,20+/m0/s1. The zero-order valence-corrected chi connectivity index (χ0v) is 17.8. The molecule has 2 fully saturated rings. The van der Waals surface area contributed by atoms with E-state index in [4.69, 9.17) is 29.4 Å². The Kier molecular flexibility index (Phi) is 5.25. The number of ether oxygens (including phenoxy) is 5. The highest BCUT2D eigenvalue weighted by Crippen LogP contribution is 2.50. The molecule has 11 nitrogen and oxygen atoms in total. The maximum absolute atomic E-state index is 12.1. The summed E-state index contributed by atoms with van der Waals surface area (Å²) in [6.07, 6.45) is -1.38. The number of hydrogen-bond donors (Lipinski definition) is 1. The summed E-state index contributed by atoms with van der Waals surface area (Å²) in [5.41, 5.74) is 5.55. The van der Waals surface area contributed by atoms with Crippen molar-refractivity contribution in [3.8, 4) is 6.07 Å². The molecule has 0 bridgehead atoms. The second kappa shape index (κ2) is 7.64. The number of hydrogen-bond acceptors (Lipinski definition) is 10. The highest BCUT2D eigenvalue weighted by Gasteiger charge is 2.65. The highest BCUT2D eigenvalue weighted by atomic mass is 16.8. The topological polar surface area (TPSA) is 143 Å². The third-order valence-electron chi connectivity index (χ3n) is 5.49. The second-order valence-electron chi connectivity index (χ2n) is 8.14. The van der Waals surface area contributed by atoms with Gasteiger partial charge in [0.1, 0.15) is 48.9 Å². The maximum atomic E-state index is 12.1. The summed E-state index contributed by atoms with van der Waals surface area (Å²) in [7, 11) is 0. The fourth-order valence-corrected chi connectivity index (χ4v) is 3.84. The van der Waals surface area contributed by atoms with Crippen LogP contribution in [-0.2, 0) is 23.7 Å². The molecule has 4 heterocycles.